The Morgan fingerprint density at radius 3 is 2.59 bits per heavy atom. The van der Waals surface area contributed by atoms with Crippen molar-refractivity contribution in [3.05, 3.63) is 60.5 Å². The Hall–Kier alpha value is -1.40. The third-order valence-corrected chi connectivity index (χ3v) is 3.03. The lowest BCUT2D eigenvalue weighted by molar-refractivity contribution is 0.584. The second kappa shape index (κ2) is 4.46. The lowest BCUT2D eigenvalue weighted by Gasteiger charge is -2.06. The summed E-state index contributed by atoms with van der Waals surface area (Å²) < 4.78 is 14.5. The molecule has 2 aromatic rings. The lowest BCUT2D eigenvalue weighted by Crippen LogP contribution is -2.36. The summed E-state index contributed by atoms with van der Waals surface area (Å²) in [4.78, 5) is 25.3. The molecule has 0 aliphatic rings. The van der Waals surface area contributed by atoms with E-state index in [2.05, 4.69) is 20.9 Å². The van der Waals surface area contributed by atoms with E-state index in [4.69, 9.17) is 11.6 Å². The molecule has 1 aromatic carbocycles. The number of aromatic amines is 1. The molecule has 0 radical (unpaired) electrons. The molecule has 0 atom stereocenters. The van der Waals surface area contributed by atoms with Crippen LogP contribution < -0.4 is 11.2 Å². The maximum absolute atomic E-state index is 13.3. The molecule has 0 fully saturated rings. The molecule has 1 heterocycles. The van der Waals surface area contributed by atoms with Gasteiger partial charge in [0.1, 0.15) is 0 Å². The van der Waals surface area contributed by atoms with E-state index in [0.29, 0.717) is 9.04 Å². The number of hydrogen-bond donors (Lipinski definition) is 1. The number of rotatable bonds is 1. The highest BCUT2D eigenvalue weighted by Gasteiger charge is 2.14. The fourth-order valence-electron chi connectivity index (χ4n) is 1.34. The van der Waals surface area contributed by atoms with Crippen LogP contribution in [-0.4, -0.2) is 9.55 Å². The third-order valence-electron chi connectivity index (χ3n) is 2.10. The van der Waals surface area contributed by atoms with E-state index in [1.165, 1.54) is 6.07 Å². The molecule has 0 saturated heterocycles. The first-order chi connectivity index (χ1) is 8.02. The van der Waals surface area contributed by atoms with Crippen molar-refractivity contribution in [1.82, 2.24) is 9.55 Å². The van der Waals surface area contributed by atoms with E-state index < -0.39 is 22.2 Å². The van der Waals surface area contributed by atoms with Gasteiger partial charge in [0, 0.05) is 4.47 Å². The molecule has 2 rings (SSSR count). The zero-order chi connectivity index (χ0) is 12.6. The number of nitrogens with one attached hydrogen (secondary N) is 1. The van der Waals surface area contributed by atoms with Crippen LogP contribution in [-0.2, 0) is 0 Å². The van der Waals surface area contributed by atoms with Gasteiger partial charge in [-0.2, -0.15) is 4.39 Å². The topological polar surface area (TPSA) is 54.9 Å². The standard InChI is InChI=1S/C10H5BrClFN2O2/c11-5-3-1-2-4-6(5)15-9(16)7(13)8(12)14-10(15)17/h1-4H,(H,14,17). The SMILES string of the molecule is O=c1[nH]c(Cl)c(F)c(=O)n1-c1ccccc1Br. The van der Waals surface area contributed by atoms with Gasteiger partial charge < -0.3 is 0 Å². The van der Waals surface area contributed by atoms with Gasteiger partial charge in [-0.15, -0.1) is 0 Å². The van der Waals surface area contributed by atoms with Gasteiger partial charge in [-0.3, -0.25) is 9.78 Å². The number of halogens is 3. The zero-order valence-corrected chi connectivity index (χ0v) is 10.5. The predicted molar refractivity (Wildman–Crippen MR) is 65.3 cm³/mol. The van der Waals surface area contributed by atoms with E-state index >= 15 is 0 Å². The second-order valence-corrected chi connectivity index (χ2v) is 4.38. The third kappa shape index (κ3) is 2.05. The summed E-state index contributed by atoms with van der Waals surface area (Å²) in [7, 11) is 0. The van der Waals surface area contributed by atoms with E-state index in [0.717, 1.165) is 0 Å². The summed E-state index contributed by atoms with van der Waals surface area (Å²) in [5.41, 5.74) is -1.65. The van der Waals surface area contributed by atoms with Crippen molar-refractivity contribution >= 4 is 27.5 Å². The van der Waals surface area contributed by atoms with Crippen molar-refractivity contribution in [2.45, 2.75) is 0 Å². The first kappa shape index (κ1) is 12.1. The molecule has 88 valence electrons. The average Bonchev–Trinajstić information content (AvgIpc) is 2.29. The number of benzene rings is 1. The molecule has 7 heteroatoms. The van der Waals surface area contributed by atoms with Crippen LogP contribution in [0.3, 0.4) is 0 Å². The minimum absolute atomic E-state index is 0.245. The van der Waals surface area contributed by atoms with Gasteiger partial charge in [0.25, 0.3) is 5.56 Å². The monoisotopic (exact) mass is 318 g/mol. The second-order valence-electron chi connectivity index (χ2n) is 3.15. The summed E-state index contributed by atoms with van der Waals surface area (Å²) in [6.45, 7) is 0. The Morgan fingerprint density at radius 2 is 1.94 bits per heavy atom. The number of aromatic nitrogens is 2. The van der Waals surface area contributed by atoms with E-state index in [-0.39, 0.29) is 5.69 Å². The molecule has 0 unspecified atom stereocenters. The predicted octanol–water partition coefficient (Wildman–Crippen LogP) is 2.08. The summed E-state index contributed by atoms with van der Waals surface area (Å²) in [5.74, 6) is -1.19. The van der Waals surface area contributed by atoms with Crippen molar-refractivity contribution in [1.29, 1.82) is 0 Å². The minimum atomic E-state index is -1.19. The molecular formula is C10H5BrClFN2O2. The van der Waals surface area contributed by atoms with E-state index in [9.17, 15) is 14.0 Å². The van der Waals surface area contributed by atoms with Crippen LogP contribution in [0.4, 0.5) is 4.39 Å². The molecule has 0 aliphatic carbocycles. The number of H-pyrrole nitrogens is 1. The number of hydrogen-bond acceptors (Lipinski definition) is 2. The fraction of sp³-hybridized carbons (Fsp3) is 0. The van der Waals surface area contributed by atoms with Gasteiger partial charge in [0.15, 0.2) is 5.15 Å². The largest absolute Gasteiger partial charge is 0.334 e. The fourth-order valence-corrected chi connectivity index (χ4v) is 1.96. The summed E-state index contributed by atoms with van der Waals surface area (Å²) in [6.07, 6.45) is 0. The maximum atomic E-state index is 13.3. The molecule has 0 bridgehead atoms. The van der Waals surface area contributed by atoms with Gasteiger partial charge in [0.2, 0.25) is 5.82 Å². The van der Waals surface area contributed by atoms with Crippen molar-refractivity contribution in [2.75, 3.05) is 0 Å². The zero-order valence-electron chi connectivity index (χ0n) is 8.21. The molecule has 4 nitrogen and oxygen atoms in total. The minimum Gasteiger partial charge on any atom is -0.295 e. The van der Waals surface area contributed by atoms with Crippen LogP contribution in [0, 0.1) is 5.82 Å². The number of nitrogens with zero attached hydrogens (tertiary/aromatic N) is 1. The van der Waals surface area contributed by atoms with Crippen LogP contribution in [0.5, 0.6) is 0 Å². The van der Waals surface area contributed by atoms with Crippen molar-refractivity contribution in [3.8, 4) is 5.69 Å². The lowest BCUT2D eigenvalue weighted by atomic mass is 10.3. The van der Waals surface area contributed by atoms with Crippen LogP contribution in [0.1, 0.15) is 0 Å². The van der Waals surface area contributed by atoms with Gasteiger partial charge in [-0.1, -0.05) is 23.7 Å². The van der Waals surface area contributed by atoms with Crippen molar-refractivity contribution < 1.29 is 4.39 Å². The van der Waals surface area contributed by atoms with Gasteiger partial charge in [0.05, 0.1) is 5.69 Å². The highest BCUT2D eigenvalue weighted by Crippen LogP contribution is 2.18. The van der Waals surface area contributed by atoms with Gasteiger partial charge >= 0.3 is 5.69 Å². The Bertz CT molecular complexity index is 695. The smallest absolute Gasteiger partial charge is 0.295 e. The van der Waals surface area contributed by atoms with Crippen LogP contribution in [0.25, 0.3) is 5.69 Å². The van der Waals surface area contributed by atoms with Crippen molar-refractivity contribution in [3.63, 3.8) is 0 Å². The highest BCUT2D eigenvalue weighted by atomic mass is 79.9. The number of para-hydroxylation sites is 1. The van der Waals surface area contributed by atoms with Crippen molar-refractivity contribution in [2.24, 2.45) is 0 Å². The molecule has 0 saturated carbocycles. The average molecular weight is 320 g/mol. The normalized spacial score (nSPS) is 10.5. The Morgan fingerprint density at radius 1 is 1.29 bits per heavy atom. The van der Waals surface area contributed by atoms with Gasteiger partial charge in [-0.25, -0.2) is 9.36 Å². The molecule has 0 amide bonds. The van der Waals surface area contributed by atoms with E-state index in [1.54, 1.807) is 18.2 Å². The Labute approximate surface area is 108 Å². The first-order valence-corrected chi connectivity index (χ1v) is 5.64. The molecule has 1 aromatic heterocycles. The summed E-state index contributed by atoms with van der Waals surface area (Å²) >= 11 is 8.54. The maximum Gasteiger partial charge on any atom is 0.334 e. The van der Waals surface area contributed by atoms with E-state index in [1.807, 2.05) is 0 Å². The highest BCUT2D eigenvalue weighted by molar-refractivity contribution is 9.10. The first-order valence-electron chi connectivity index (χ1n) is 4.47. The molecule has 0 aliphatic heterocycles. The Kier molecular flexibility index (Phi) is 3.17. The molecule has 0 spiro atoms. The quantitative estimate of drug-likeness (QED) is 0.818. The molecule has 1 N–H and O–H groups in total. The van der Waals surface area contributed by atoms with Crippen LogP contribution in [0.2, 0.25) is 5.15 Å². The van der Waals surface area contributed by atoms with Crippen LogP contribution in [0.15, 0.2) is 38.3 Å². The molecular weight excluding hydrogens is 314 g/mol. The summed E-state index contributed by atoms with van der Waals surface area (Å²) in [6, 6.07) is 6.47. The Balaban J connectivity index is 2.87. The van der Waals surface area contributed by atoms with Crippen LogP contribution >= 0.6 is 27.5 Å². The summed E-state index contributed by atoms with van der Waals surface area (Å²) in [5, 5.41) is -0.594. The molecule has 17 heavy (non-hydrogen) atoms. The van der Waals surface area contributed by atoms with Gasteiger partial charge in [-0.05, 0) is 28.1 Å².